The van der Waals surface area contributed by atoms with Crippen molar-refractivity contribution >= 4 is 5.91 Å². The van der Waals surface area contributed by atoms with E-state index in [9.17, 15) is 4.79 Å². The fourth-order valence-corrected chi connectivity index (χ4v) is 2.22. The lowest BCUT2D eigenvalue weighted by Gasteiger charge is -2.30. The van der Waals surface area contributed by atoms with Crippen LogP contribution < -0.4 is 11.1 Å². The standard InChI is InChI=1S/C14H29N3O/c1-12-5-8-17(9-6-12)10-7-16-14(18)4-3-13(2)11-15/h12-13H,3-11,15H2,1-2H3,(H,16,18). The van der Waals surface area contributed by atoms with Crippen molar-refractivity contribution in [1.82, 2.24) is 10.2 Å². The lowest BCUT2D eigenvalue weighted by atomic mass is 9.99. The van der Waals surface area contributed by atoms with E-state index in [1.54, 1.807) is 0 Å². The van der Waals surface area contributed by atoms with Gasteiger partial charge in [-0.2, -0.15) is 0 Å². The second kappa shape index (κ2) is 8.48. The zero-order valence-electron chi connectivity index (χ0n) is 12.0. The van der Waals surface area contributed by atoms with Gasteiger partial charge in [-0.25, -0.2) is 0 Å². The number of nitrogens with one attached hydrogen (secondary N) is 1. The summed E-state index contributed by atoms with van der Waals surface area (Å²) >= 11 is 0. The second-order valence-electron chi connectivity index (χ2n) is 5.75. The normalized spacial score (nSPS) is 19.7. The minimum atomic E-state index is 0.167. The third-order valence-electron chi connectivity index (χ3n) is 3.89. The highest BCUT2D eigenvalue weighted by Crippen LogP contribution is 2.15. The van der Waals surface area contributed by atoms with Crippen molar-refractivity contribution in [3.8, 4) is 0 Å². The van der Waals surface area contributed by atoms with E-state index in [2.05, 4.69) is 24.1 Å². The maximum Gasteiger partial charge on any atom is 0.220 e. The molecule has 0 aromatic heterocycles. The number of carbonyl (C=O) groups is 1. The molecule has 0 spiro atoms. The van der Waals surface area contributed by atoms with Crippen molar-refractivity contribution in [2.45, 2.75) is 39.5 Å². The summed E-state index contributed by atoms with van der Waals surface area (Å²) in [4.78, 5) is 14.0. The van der Waals surface area contributed by atoms with E-state index >= 15 is 0 Å². The molecule has 1 saturated heterocycles. The van der Waals surface area contributed by atoms with Crippen molar-refractivity contribution in [2.24, 2.45) is 17.6 Å². The third kappa shape index (κ3) is 6.36. The summed E-state index contributed by atoms with van der Waals surface area (Å²) in [7, 11) is 0. The molecule has 1 atom stereocenters. The minimum Gasteiger partial charge on any atom is -0.355 e. The molecule has 1 aliphatic heterocycles. The number of carbonyl (C=O) groups excluding carboxylic acids is 1. The van der Waals surface area contributed by atoms with E-state index in [0.717, 1.165) is 25.4 Å². The Morgan fingerprint density at radius 2 is 2.11 bits per heavy atom. The average molecular weight is 255 g/mol. The first kappa shape index (κ1) is 15.4. The topological polar surface area (TPSA) is 58.4 Å². The Morgan fingerprint density at radius 1 is 1.44 bits per heavy atom. The number of hydrogen-bond donors (Lipinski definition) is 2. The first-order chi connectivity index (χ1) is 8.61. The summed E-state index contributed by atoms with van der Waals surface area (Å²) in [6.45, 7) is 9.21. The van der Waals surface area contributed by atoms with Gasteiger partial charge in [-0.1, -0.05) is 13.8 Å². The molecule has 1 heterocycles. The van der Waals surface area contributed by atoms with Gasteiger partial charge in [-0.05, 0) is 50.7 Å². The van der Waals surface area contributed by atoms with Gasteiger partial charge in [-0.15, -0.1) is 0 Å². The van der Waals surface area contributed by atoms with E-state index in [4.69, 9.17) is 5.73 Å². The summed E-state index contributed by atoms with van der Waals surface area (Å²) in [6, 6.07) is 0. The van der Waals surface area contributed by atoms with Crippen LogP contribution in [0.5, 0.6) is 0 Å². The highest BCUT2D eigenvalue weighted by molar-refractivity contribution is 5.75. The van der Waals surface area contributed by atoms with E-state index in [1.807, 2.05) is 0 Å². The van der Waals surface area contributed by atoms with Crippen LogP contribution in [-0.2, 0) is 4.79 Å². The molecule has 106 valence electrons. The van der Waals surface area contributed by atoms with Crippen molar-refractivity contribution in [1.29, 1.82) is 0 Å². The smallest absolute Gasteiger partial charge is 0.220 e. The van der Waals surface area contributed by atoms with Crippen molar-refractivity contribution in [3.63, 3.8) is 0 Å². The van der Waals surface area contributed by atoms with Crippen LogP contribution in [0.25, 0.3) is 0 Å². The molecule has 1 fully saturated rings. The van der Waals surface area contributed by atoms with Gasteiger partial charge in [0.1, 0.15) is 0 Å². The second-order valence-corrected chi connectivity index (χ2v) is 5.75. The first-order valence-corrected chi connectivity index (χ1v) is 7.31. The lowest BCUT2D eigenvalue weighted by molar-refractivity contribution is -0.121. The summed E-state index contributed by atoms with van der Waals surface area (Å²) in [5, 5.41) is 3.00. The van der Waals surface area contributed by atoms with Crippen LogP contribution in [0.1, 0.15) is 39.5 Å². The summed E-state index contributed by atoms with van der Waals surface area (Å²) in [6.07, 6.45) is 4.09. The van der Waals surface area contributed by atoms with Crippen LogP contribution in [0.15, 0.2) is 0 Å². The Hall–Kier alpha value is -0.610. The number of hydrogen-bond acceptors (Lipinski definition) is 3. The molecule has 0 saturated carbocycles. The number of amides is 1. The maximum absolute atomic E-state index is 11.6. The van der Waals surface area contributed by atoms with Crippen LogP contribution in [0.4, 0.5) is 0 Å². The van der Waals surface area contributed by atoms with Crippen LogP contribution in [0.2, 0.25) is 0 Å². The highest BCUT2D eigenvalue weighted by Gasteiger charge is 2.15. The molecule has 4 heteroatoms. The Bertz CT molecular complexity index is 237. The molecule has 18 heavy (non-hydrogen) atoms. The van der Waals surface area contributed by atoms with Gasteiger partial charge in [0.25, 0.3) is 0 Å². The van der Waals surface area contributed by atoms with Crippen molar-refractivity contribution < 1.29 is 4.79 Å². The Labute approximate surface area is 111 Å². The predicted molar refractivity (Wildman–Crippen MR) is 75.3 cm³/mol. The Balaban J connectivity index is 2.01. The average Bonchev–Trinajstić information content (AvgIpc) is 2.38. The zero-order valence-corrected chi connectivity index (χ0v) is 12.0. The summed E-state index contributed by atoms with van der Waals surface area (Å²) in [5.41, 5.74) is 5.53. The van der Waals surface area contributed by atoms with Crippen LogP contribution in [-0.4, -0.2) is 43.5 Å². The molecule has 0 bridgehead atoms. The molecule has 1 rings (SSSR count). The van der Waals surface area contributed by atoms with Crippen molar-refractivity contribution in [3.05, 3.63) is 0 Å². The number of nitrogens with zero attached hydrogens (tertiary/aromatic N) is 1. The molecular formula is C14H29N3O. The number of likely N-dealkylation sites (tertiary alicyclic amines) is 1. The SMILES string of the molecule is CC(CN)CCC(=O)NCCN1CCC(C)CC1. The molecule has 4 nitrogen and oxygen atoms in total. The quantitative estimate of drug-likeness (QED) is 0.719. The monoisotopic (exact) mass is 255 g/mol. The molecular weight excluding hydrogens is 226 g/mol. The van der Waals surface area contributed by atoms with Crippen LogP contribution >= 0.6 is 0 Å². The molecule has 1 unspecified atom stereocenters. The van der Waals surface area contributed by atoms with Gasteiger partial charge in [0.15, 0.2) is 0 Å². The van der Waals surface area contributed by atoms with E-state index in [0.29, 0.717) is 18.9 Å². The molecule has 0 aliphatic carbocycles. The van der Waals surface area contributed by atoms with Gasteiger partial charge in [0.05, 0.1) is 0 Å². The Kier molecular flexibility index (Phi) is 7.28. The first-order valence-electron chi connectivity index (χ1n) is 7.31. The van der Waals surface area contributed by atoms with Crippen LogP contribution in [0, 0.1) is 11.8 Å². The van der Waals surface area contributed by atoms with E-state index in [1.165, 1.54) is 25.9 Å². The van der Waals surface area contributed by atoms with E-state index < -0.39 is 0 Å². The van der Waals surface area contributed by atoms with Gasteiger partial charge >= 0.3 is 0 Å². The van der Waals surface area contributed by atoms with Gasteiger partial charge in [-0.3, -0.25) is 4.79 Å². The fourth-order valence-electron chi connectivity index (χ4n) is 2.22. The number of piperidine rings is 1. The van der Waals surface area contributed by atoms with Gasteiger partial charge in [0.2, 0.25) is 5.91 Å². The fraction of sp³-hybridized carbons (Fsp3) is 0.929. The molecule has 1 aliphatic rings. The van der Waals surface area contributed by atoms with Gasteiger partial charge in [0, 0.05) is 19.5 Å². The molecule has 0 aromatic carbocycles. The molecule has 0 radical (unpaired) electrons. The summed E-state index contributed by atoms with van der Waals surface area (Å²) in [5.74, 6) is 1.48. The number of nitrogens with two attached hydrogens (primary N) is 1. The van der Waals surface area contributed by atoms with Crippen molar-refractivity contribution in [2.75, 3.05) is 32.7 Å². The predicted octanol–water partition coefficient (Wildman–Crippen LogP) is 1.21. The number of rotatable bonds is 7. The van der Waals surface area contributed by atoms with E-state index in [-0.39, 0.29) is 5.91 Å². The molecule has 1 amide bonds. The largest absolute Gasteiger partial charge is 0.355 e. The van der Waals surface area contributed by atoms with Gasteiger partial charge < -0.3 is 16.0 Å². The zero-order chi connectivity index (χ0) is 13.4. The summed E-state index contributed by atoms with van der Waals surface area (Å²) < 4.78 is 0. The third-order valence-corrected chi connectivity index (χ3v) is 3.89. The highest BCUT2D eigenvalue weighted by atomic mass is 16.1. The molecule has 0 aromatic rings. The minimum absolute atomic E-state index is 0.167. The maximum atomic E-state index is 11.6. The Morgan fingerprint density at radius 3 is 2.72 bits per heavy atom. The lowest BCUT2D eigenvalue weighted by Crippen LogP contribution is -2.39. The van der Waals surface area contributed by atoms with Crippen LogP contribution in [0.3, 0.4) is 0 Å². The molecule has 3 N–H and O–H groups in total.